The lowest BCUT2D eigenvalue weighted by Crippen LogP contribution is -1.73. The normalized spacial score (nSPS) is 10.8. The van der Waals surface area contributed by atoms with Crippen LogP contribution in [0.25, 0.3) is 10.2 Å². The van der Waals surface area contributed by atoms with Crippen molar-refractivity contribution >= 4 is 33.3 Å². The van der Waals surface area contributed by atoms with Gasteiger partial charge < -0.3 is 0 Å². The first-order valence-corrected chi connectivity index (χ1v) is 5.73. The Kier molecular flexibility index (Phi) is 2.33. The number of nitrogens with zero attached hydrogens (tertiary/aromatic N) is 1. The van der Waals surface area contributed by atoms with E-state index in [2.05, 4.69) is 30.1 Å². The van der Waals surface area contributed by atoms with Crippen LogP contribution in [0.15, 0.2) is 28.6 Å². The first-order chi connectivity index (χ1) is 5.92. The molecule has 2 aromatic rings. The van der Waals surface area contributed by atoms with Crippen LogP contribution in [-0.2, 0) is 0 Å². The summed E-state index contributed by atoms with van der Waals surface area (Å²) in [5.41, 5.74) is 3.03. The monoisotopic (exact) mass is 195 g/mol. The number of benzene rings is 1. The quantitative estimate of drug-likeness (QED) is 0.681. The van der Waals surface area contributed by atoms with E-state index in [1.165, 1.54) is 9.60 Å². The maximum Gasteiger partial charge on any atom is 0.0823 e. The van der Waals surface area contributed by atoms with E-state index in [0.29, 0.717) is 0 Å². The van der Waals surface area contributed by atoms with E-state index in [4.69, 9.17) is 0 Å². The van der Waals surface area contributed by atoms with Crippen molar-refractivity contribution in [1.29, 1.82) is 0 Å². The van der Waals surface area contributed by atoms with Gasteiger partial charge in [-0.25, -0.2) is 4.98 Å². The molecule has 0 saturated carbocycles. The zero-order valence-electron chi connectivity index (χ0n) is 6.78. The van der Waals surface area contributed by atoms with Gasteiger partial charge in [-0.1, -0.05) is 13.0 Å². The third-order valence-electron chi connectivity index (χ3n) is 1.62. The second-order valence-electron chi connectivity index (χ2n) is 2.39. The summed E-state index contributed by atoms with van der Waals surface area (Å²) in [5.74, 6) is 1.12. The highest BCUT2D eigenvalue weighted by atomic mass is 32.2. The van der Waals surface area contributed by atoms with E-state index < -0.39 is 0 Å². The predicted molar refractivity (Wildman–Crippen MR) is 56.0 cm³/mol. The second-order valence-corrected chi connectivity index (χ2v) is 4.55. The van der Waals surface area contributed by atoms with Crippen LogP contribution in [0.5, 0.6) is 0 Å². The first kappa shape index (κ1) is 8.08. The fraction of sp³-hybridized carbons (Fsp3) is 0.222. The topological polar surface area (TPSA) is 12.9 Å². The van der Waals surface area contributed by atoms with Crippen LogP contribution in [-0.4, -0.2) is 10.7 Å². The van der Waals surface area contributed by atoms with Gasteiger partial charge in [-0.15, -0.1) is 23.1 Å². The first-order valence-electron chi connectivity index (χ1n) is 3.87. The molecule has 0 amide bonds. The van der Waals surface area contributed by atoms with Crippen molar-refractivity contribution in [1.82, 2.24) is 4.98 Å². The van der Waals surface area contributed by atoms with Crippen molar-refractivity contribution in [3.8, 4) is 0 Å². The van der Waals surface area contributed by atoms with Gasteiger partial charge in [-0.3, -0.25) is 0 Å². The van der Waals surface area contributed by atoms with Crippen LogP contribution in [0.2, 0.25) is 0 Å². The van der Waals surface area contributed by atoms with E-state index in [1.54, 1.807) is 11.3 Å². The van der Waals surface area contributed by atoms with E-state index in [0.717, 1.165) is 11.3 Å². The number of hydrogen-bond acceptors (Lipinski definition) is 3. The molecule has 62 valence electrons. The molecule has 0 unspecified atom stereocenters. The molecule has 0 aliphatic rings. The summed E-state index contributed by atoms with van der Waals surface area (Å²) in [7, 11) is 0. The summed E-state index contributed by atoms with van der Waals surface area (Å²) in [6.45, 7) is 2.17. The third-order valence-corrected chi connectivity index (χ3v) is 3.56. The number of thioether (sulfide) groups is 1. The van der Waals surface area contributed by atoms with Crippen molar-refractivity contribution in [2.24, 2.45) is 0 Å². The molecule has 0 radical (unpaired) electrons. The Hall–Kier alpha value is -0.540. The van der Waals surface area contributed by atoms with E-state index >= 15 is 0 Å². The maximum atomic E-state index is 4.27. The van der Waals surface area contributed by atoms with Gasteiger partial charge in [0.05, 0.1) is 15.7 Å². The molecule has 3 heteroatoms. The lowest BCUT2D eigenvalue weighted by Gasteiger charge is -1.97. The van der Waals surface area contributed by atoms with E-state index in [1.807, 2.05) is 17.3 Å². The molecule has 0 aliphatic heterocycles. The van der Waals surface area contributed by atoms with Crippen LogP contribution in [0.4, 0.5) is 0 Å². The van der Waals surface area contributed by atoms with Crippen molar-refractivity contribution < 1.29 is 0 Å². The van der Waals surface area contributed by atoms with Gasteiger partial charge in [0.1, 0.15) is 0 Å². The summed E-state index contributed by atoms with van der Waals surface area (Å²) in [6, 6.07) is 6.29. The van der Waals surface area contributed by atoms with Gasteiger partial charge in [0.2, 0.25) is 0 Å². The van der Waals surface area contributed by atoms with Crippen LogP contribution >= 0.6 is 23.1 Å². The molecule has 1 heterocycles. The predicted octanol–water partition coefficient (Wildman–Crippen LogP) is 3.41. The molecule has 0 aliphatic carbocycles. The molecule has 1 aromatic heterocycles. The van der Waals surface area contributed by atoms with Crippen molar-refractivity contribution in [2.75, 3.05) is 5.75 Å². The highest BCUT2D eigenvalue weighted by Crippen LogP contribution is 2.29. The zero-order valence-corrected chi connectivity index (χ0v) is 8.41. The standard InChI is InChI=1S/C9H9NS2/c1-2-11-8-5-3-4-7-9(8)12-6-10-7/h3-6H,2H2,1H3. The molecule has 2 rings (SSSR count). The largest absolute Gasteiger partial charge is 0.245 e. The van der Waals surface area contributed by atoms with Gasteiger partial charge in [0.15, 0.2) is 0 Å². The Morgan fingerprint density at radius 3 is 3.25 bits per heavy atom. The van der Waals surface area contributed by atoms with Crippen molar-refractivity contribution in [3.05, 3.63) is 23.7 Å². The van der Waals surface area contributed by atoms with Gasteiger partial charge in [0.25, 0.3) is 0 Å². The maximum absolute atomic E-state index is 4.27. The molecule has 0 N–H and O–H groups in total. The van der Waals surface area contributed by atoms with Gasteiger partial charge >= 0.3 is 0 Å². The second kappa shape index (κ2) is 3.46. The zero-order chi connectivity index (χ0) is 8.39. The summed E-state index contributed by atoms with van der Waals surface area (Å²) >= 11 is 3.60. The van der Waals surface area contributed by atoms with Crippen molar-refractivity contribution in [2.45, 2.75) is 11.8 Å². The average Bonchev–Trinajstić information content (AvgIpc) is 2.53. The lowest BCUT2D eigenvalue weighted by molar-refractivity contribution is 1.46. The molecule has 0 atom stereocenters. The Labute approximate surface area is 79.8 Å². The fourth-order valence-electron chi connectivity index (χ4n) is 1.13. The molecule has 1 nitrogen and oxygen atoms in total. The Morgan fingerprint density at radius 2 is 2.42 bits per heavy atom. The molecule has 1 aromatic carbocycles. The number of rotatable bonds is 2. The minimum atomic E-state index is 1.12. The fourth-order valence-corrected chi connectivity index (χ4v) is 2.87. The van der Waals surface area contributed by atoms with Gasteiger partial charge in [-0.2, -0.15) is 0 Å². The van der Waals surface area contributed by atoms with Crippen LogP contribution < -0.4 is 0 Å². The number of hydrogen-bond donors (Lipinski definition) is 0. The molecule has 0 spiro atoms. The third kappa shape index (κ3) is 1.34. The molecule has 0 bridgehead atoms. The van der Waals surface area contributed by atoms with Gasteiger partial charge in [-0.05, 0) is 17.9 Å². The Bertz CT molecular complexity index is 381. The van der Waals surface area contributed by atoms with Crippen LogP contribution in [0.1, 0.15) is 6.92 Å². The van der Waals surface area contributed by atoms with Crippen LogP contribution in [0.3, 0.4) is 0 Å². The summed E-state index contributed by atoms with van der Waals surface area (Å²) < 4.78 is 1.32. The molecule has 0 fully saturated rings. The molecule has 12 heavy (non-hydrogen) atoms. The Morgan fingerprint density at radius 1 is 1.50 bits per heavy atom. The van der Waals surface area contributed by atoms with Crippen molar-refractivity contribution in [3.63, 3.8) is 0 Å². The average molecular weight is 195 g/mol. The highest BCUT2D eigenvalue weighted by molar-refractivity contribution is 7.99. The Balaban J connectivity index is 2.57. The molecular weight excluding hydrogens is 186 g/mol. The number of thiazole rings is 1. The van der Waals surface area contributed by atoms with Crippen LogP contribution in [0, 0.1) is 0 Å². The highest BCUT2D eigenvalue weighted by Gasteiger charge is 2.01. The van der Waals surface area contributed by atoms with E-state index in [-0.39, 0.29) is 0 Å². The summed E-state index contributed by atoms with van der Waals surface area (Å²) in [5, 5.41) is 0. The SMILES string of the molecule is CCSc1cccc2ncsc12. The minimum Gasteiger partial charge on any atom is -0.245 e. The summed E-state index contributed by atoms with van der Waals surface area (Å²) in [4.78, 5) is 5.63. The number of aromatic nitrogens is 1. The summed E-state index contributed by atoms with van der Waals surface area (Å²) in [6.07, 6.45) is 0. The van der Waals surface area contributed by atoms with E-state index in [9.17, 15) is 0 Å². The number of fused-ring (bicyclic) bond motifs is 1. The molecular formula is C9H9NS2. The van der Waals surface area contributed by atoms with Gasteiger partial charge in [0, 0.05) is 4.90 Å². The molecule has 0 saturated heterocycles. The lowest BCUT2D eigenvalue weighted by atomic mass is 10.3. The smallest absolute Gasteiger partial charge is 0.0823 e. The minimum absolute atomic E-state index is 1.12.